The molecule has 0 aliphatic carbocycles. The molecular weight excluding hydrogens is 903 g/mol. The van der Waals surface area contributed by atoms with Gasteiger partial charge in [-0.2, -0.15) is 0 Å². The molecule has 0 bridgehead atoms. The van der Waals surface area contributed by atoms with Gasteiger partial charge in [-0.15, -0.1) is 0 Å². The lowest BCUT2D eigenvalue weighted by atomic mass is 9.82. The quantitative estimate of drug-likeness (QED) is 0.0391. The van der Waals surface area contributed by atoms with E-state index in [2.05, 4.69) is 86.6 Å². The van der Waals surface area contributed by atoms with Crippen molar-refractivity contribution in [2.24, 2.45) is 0 Å². The number of anilines is 1. The largest absolute Gasteiger partial charge is 0.271 e. The predicted molar refractivity (Wildman–Crippen MR) is 292 cm³/mol. The Morgan fingerprint density at radius 3 is 1.42 bits per heavy atom. The zero-order valence-corrected chi connectivity index (χ0v) is 41.6. The van der Waals surface area contributed by atoms with Gasteiger partial charge in [0.05, 0.1) is 18.3 Å². The number of fused-ring (bicyclic) bond motifs is 2. The van der Waals surface area contributed by atoms with Crippen molar-refractivity contribution in [3.63, 3.8) is 0 Å². The van der Waals surface area contributed by atoms with Crippen molar-refractivity contribution in [1.82, 2.24) is 9.80 Å². The first-order valence-electron chi connectivity index (χ1n) is 26.5. The fourth-order valence-corrected chi connectivity index (χ4v) is 12.2. The number of carbonyl (C=O) groups excluding carboxylic acids is 4. The highest BCUT2D eigenvalue weighted by Crippen LogP contribution is 2.48. The molecule has 0 N–H and O–H groups in total. The summed E-state index contributed by atoms with van der Waals surface area (Å²) in [6.07, 6.45) is 11.1. The summed E-state index contributed by atoms with van der Waals surface area (Å²) in [5.41, 5.74) is 8.38. The minimum absolute atomic E-state index is 0.0322. The minimum Gasteiger partial charge on any atom is -0.271 e. The maximum Gasteiger partial charge on any atom is 0.261 e. The van der Waals surface area contributed by atoms with Crippen molar-refractivity contribution in [1.29, 1.82) is 0 Å². The van der Waals surface area contributed by atoms with Crippen LogP contribution in [0.2, 0.25) is 0 Å². The number of nitrogens with zero attached hydrogens (tertiary/aromatic N) is 3. The van der Waals surface area contributed by atoms with Crippen molar-refractivity contribution < 1.29 is 24.0 Å². The Bertz CT molecular complexity index is 3440. The van der Waals surface area contributed by atoms with E-state index in [1.807, 2.05) is 90.0 Å². The molecule has 3 heterocycles. The zero-order valence-electron chi connectivity index (χ0n) is 41.6. The number of unbranched alkanes of at least 4 members (excludes halogenated alkanes) is 6. The van der Waals surface area contributed by atoms with Crippen LogP contribution in [0.4, 0.5) is 5.69 Å². The summed E-state index contributed by atoms with van der Waals surface area (Å²) in [5.74, 6) is -1.09. The lowest BCUT2D eigenvalue weighted by Gasteiger charge is -2.35. The van der Waals surface area contributed by atoms with Gasteiger partial charge in [0.1, 0.15) is 6.10 Å². The van der Waals surface area contributed by atoms with Gasteiger partial charge in [-0.3, -0.25) is 33.8 Å². The van der Waals surface area contributed by atoms with Gasteiger partial charge in [0, 0.05) is 45.5 Å². The third-order valence-corrected chi connectivity index (χ3v) is 16.0. The Morgan fingerprint density at radius 2 is 0.932 bits per heavy atom. The van der Waals surface area contributed by atoms with Crippen LogP contribution in [0.3, 0.4) is 0 Å². The number of hydrogen-bond donors (Lipinski definition) is 0. The second kappa shape index (κ2) is 19.4. The summed E-state index contributed by atoms with van der Waals surface area (Å²) in [7, 11) is 0. The standard InChI is InChI=1S/C65H59N3O5/c1-3-5-7-13-19-46(20-14-8-6-4-2)67-64(71)54-37-33-50-48-31-35-52-60-53(36-32-49(58(48)60)51-34-38-55(65(67)72)61(54)59(50)51)63(70)66(62(52)69)40-41-23-25-42(26-24-41)43-27-29-44(30-28-43)56-39-57(45-17-11-9-12-18-45)73-68(56)47-21-15-10-16-22-47/h9-12,15-18,21-38,46,56-57H,3-8,13-14,19-20,39-40H2,1-2H3/t56?,57-/m0/s1. The van der Waals surface area contributed by atoms with E-state index >= 15 is 0 Å². The maximum atomic E-state index is 14.6. The smallest absolute Gasteiger partial charge is 0.261 e. The van der Waals surface area contributed by atoms with Crippen LogP contribution in [0.5, 0.6) is 0 Å². The van der Waals surface area contributed by atoms with Crippen LogP contribution < -0.4 is 5.06 Å². The van der Waals surface area contributed by atoms with Gasteiger partial charge in [0.15, 0.2) is 0 Å². The van der Waals surface area contributed by atoms with Crippen molar-refractivity contribution in [2.75, 3.05) is 5.06 Å². The van der Waals surface area contributed by atoms with Crippen LogP contribution in [-0.4, -0.2) is 39.5 Å². The van der Waals surface area contributed by atoms with E-state index < -0.39 is 0 Å². The lowest BCUT2D eigenvalue weighted by molar-refractivity contribution is 0.0514. The SMILES string of the molecule is CCCCCCC(CCCCCC)N1C(=O)c2ccc3c4ccc5c6c(ccc(c7ccc(c2c37)C1=O)c64)C(=O)N(Cc1ccc(-c2ccc(C3C[C@@H](c4ccccc4)ON3c3ccccc3)cc2)cc1)C5=O. The summed E-state index contributed by atoms with van der Waals surface area (Å²) >= 11 is 0. The van der Waals surface area contributed by atoms with E-state index in [0.29, 0.717) is 33.0 Å². The van der Waals surface area contributed by atoms with Crippen LogP contribution in [0.15, 0.2) is 158 Å². The average Bonchev–Trinajstić information content (AvgIpc) is 3.90. The van der Waals surface area contributed by atoms with Gasteiger partial charge >= 0.3 is 0 Å². The first kappa shape index (κ1) is 46.4. The molecule has 8 heteroatoms. The van der Waals surface area contributed by atoms with E-state index in [0.717, 1.165) is 131 Å². The number of amides is 4. The van der Waals surface area contributed by atoms with Crippen molar-refractivity contribution in [2.45, 2.75) is 109 Å². The molecule has 364 valence electrons. The average molecular weight is 962 g/mol. The van der Waals surface area contributed by atoms with E-state index in [1.54, 1.807) is 4.90 Å². The highest BCUT2D eigenvalue weighted by molar-refractivity contribution is 6.41. The van der Waals surface area contributed by atoms with Crippen LogP contribution in [0.1, 0.15) is 155 Å². The molecule has 4 amide bonds. The third-order valence-electron chi connectivity index (χ3n) is 16.0. The Balaban J connectivity index is 0.806. The molecule has 1 saturated heterocycles. The topological polar surface area (TPSA) is 87.2 Å². The summed E-state index contributed by atoms with van der Waals surface area (Å²) in [6.45, 7) is 4.53. The Kier molecular flexibility index (Phi) is 12.3. The van der Waals surface area contributed by atoms with Gasteiger partial charge in [0.25, 0.3) is 23.6 Å². The Morgan fingerprint density at radius 1 is 0.466 bits per heavy atom. The fraction of sp³-hybridized carbons (Fsp3) is 0.262. The highest BCUT2D eigenvalue weighted by Gasteiger charge is 2.40. The predicted octanol–water partition coefficient (Wildman–Crippen LogP) is 15.7. The van der Waals surface area contributed by atoms with Gasteiger partial charge in [-0.05, 0) is 109 Å². The van der Waals surface area contributed by atoms with Crippen LogP contribution in [0.25, 0.3) is 54.2 Å². The molecular formula is C65H59N3O5. The van der Waals surface area contributed by atoms with E-state index in [-0.39, 0.29) is 48.4 Å². The number of rotatable bonds is 17. The number of carbonyl (C=O) groups is 4. The highest BCUT2D eigenvalue weighted by atomic mass is 16.7. The van der Waals surface area contributed by atoms with Crippen molar-refractivity contribution in [3.8, 4) is 11.1 Å². The monoisotopic (exact) mass is 961 g/mol. The third kappa shape index (κ3) is 8.04. The molecule has 0 aromatic heterocycles. The second-order valence-corrected chi connectivity index (χ2v) is 20.4. The minimum atomic E-state index is -0.331. The molecule has 2 atom stereocenters. The molecule has 0 radical (unpaired) electrons. The molecule has 0 saturated carbocycles. The normalized spacial score (nSPS) is 16.7. The molecule has 8 nitrogen and oxygen atoms in total. The van der Waals surface area contributed by atoms with E-state index in [1.165, 1.54) is 10.5 Å². The number of imide groups is 2. The molecule has 1 fully saturated rings. The number of benzene rings is 9. The molecule has 1 unspecified atom stereocenters. The molecule has 0 spiro atoms. The van der Waals surface area contributed by atoms with Crippen LogP contribution in [-0.2, 0) is 11.4 Å². The van der Waals surface area contributed by atoms with Gasteiger partial charge in [-0.25, -0.2) is 5.06 Å². The van der Waals surface area contributed by atoms with Gasteiger partial charge < -0.3 is 0 Å². The fourth-order valence-electron chi connectivity index (χ4n) is 12.2. The van der Waals surface area contributed by atoms with Crippen LogP contribution >= 0.6 is 0 Å². The zero-order chi connectivity index (χ0) is 49.7. The Labute approximate surface area is 426 Å². The molecule has 9 aromatic rings. The Hall–Kier alpha value is -7.68. The lowest BCUT2D eigenvalue weighted by Crippen LogP contribution is -2.47. The van der Waals surface area contributed by atoms with Crippen molar-refractivity contribution >= 4 is 72.4 Å². The van der Waals surface area contributed by atoms with E-state index in [9.17, 15) is 19.2 Å². The second-order valence-electron chi connectivity index (χ2n) is 20.4. The molecule has 12 rings (SSSR count). The summed E-state index contributed by atoms with van der Waals surface area (Å²) < 4.78 is 0. The number of para-hydroxylation sites is 1. The van der Waals surface area contributed by atoms with Gasteiger partial charge in [-0.1, -0.05) is 187 Å². The molecule has 73 heavy (non-hydrogen) atoms. The molecule has 3 aliphatic rings. The molecule has 3 aliphatic heterocycles. The van der Waals surface area contributed by atoms with Crippen molar-refractivity contribution in [3.05, 3.63) is 197 Å². The summed E-state index contributed by atoms with van der Waals surface area (Å²) in [5, 5.41) is 8.68. The number of hydroxylamine groups is 1. The molecule has 9 aromatic carbocycles. The number of hydrogen-bond acceptors (Lipinski definition) is 6. The first-order valence-corrected chi connectivity index (χ1v) is 26.5. The summed E-state index contributed by atoms with van der Waals surface area (Å²) in [4.78, 5) is 67.8. The maximum absolute atomic E-state index is 14.6. The first-order chi connectivity index (χ1) is 35.8. The van der Waals surface area contributed by atoms with E-state index in [4.69, 9.17) is 4.84 Å². The van der Waals surface area contributed by atoms with Gasteiger partial charge in [0.2, 0.25) is 0 Å². The van der Waals surface area contributed by atoms with Crippen LogP contribution in [0, 0.1) is 0 Å². The summed E-state index contributed by atoms with van der Waals surface area (Å²) in [6, 6.07) is 52.7.